The maximum absolute atomic E-state index is 13.0. The van der Waals surface area contributed by atoms with Gasteiger partial charge in [0.1, 0.15) is 0 Å². The Labute approximate surface area is 163 Å². The van der Waals surface area contributed by atoms with Crippen LogP contribution in [0.25, 0.3) is 11.1 Å². The van der Waals surface area contributed by atoms with Gasteiger partial charge in [-0.2, -0.15) is 4.31 Å². The molecule has 3 aromatic rings. The summed E-state index contributed by atoms with van der Waals surface area (Å²) in [6, 6.07) is 14.8. The first-order valence-electron chi connectivity index (χ1n) is 9.39. The topological polar surface area (TPSA) is 75.8 Å². The minimum Gasteiger partial charge on any atom is -0.408 e. The Hall–Kier alpha value is -2.42. The molecular formula is C20H23N3O4S. The number of sulfonamides is 1. The Morgan fingerprint density at radius 1 is 1.00 bits per heavy atom. The molecule has 1 aromatic heterocycles. The maximum Gasteiger partial charge on any atom is 0.419 e. The van der Waals surface area contributed by atoms with Crippen molar-refractivity contribution in [2.24, 2.45) is 0 Å². The van der Waals surface area contributed by atoms with Crippen LogP contribution < -0.4 is 5.76 Å². The van der Waals surface area contributed by atoms with Gasteiger partial charge in [-0.05, 0) is 24.6 Å². The van der Waals surface area contributed by atoms with Crippen LogP contribution in [0.2, 0.25) is 0 Å². The summed E-state index contributed by atoms with van der Waals surface area (Å²) in [5.74, 6) is -0.471. The molecule has 1 fully saturated rings. The highest BCUT2D eigenvalue weighted by atomic mass is 32.2. The van der Waals surface area contributed by atoms with Gasteiger partial charge in [0, 0.05) is 45.3 Å². The molecule has 148 valence electrons. The Balaban J connectivity index is 1.50. The predicted octanol–water partition coefficient (Wildman–Crippen LogP) is 2.12. The highest BCUT2D eigenvalue weighted by molar-refractivity contribution is 7.89. The van der Waals surface area contributed by atoms with Gasteiger partial charge in [0.05, 0.1) is 10.4 Å². The van der Waals surface area contributed by atoms with Gasteiger partial charge in [-0.1, -0.05) is 30.3 Å². The zero-order valence-corrected chi connectivity index (χ0v) is 16.6. The van der Waals surface area contributed by atoms with Gasteiger partial charge in [0.2, 0.25) is 10.0 Å². The van der Waals surface area contributed by atoms with Gasteiger partial charge in [0.25, 0.3) is 0 Å². The average molecular weight is 401 g/mol. The summed E-state index contributed by atoms with van der Waals surface area (Å²) in [6.45, 7) is 5.36. The van der Waals surface area contributed by atoms with E-state index >= 15 is 0 Å². The molecule has 1 saturated heterocycles. The van der Waals surface area contributed by atoms with E-state index in [9.17, 15) is 13.2 Å². The van der Waals surface area contributed by atoms with Crippen LogP contribution in [0.15, 0.2) is 62.6 Å². The molecule has 0 bridgehead atoms. The fourth-order valence-corrected chi connectivity index (χ4v) is 5.06. The highest BCUT2D eigenvalue weighted by Crippen LogP contribution is 2.23. The zero-order chi connectivity index (χ0) is 19.7. The standard InChI is InChI=1S/C20H23N3O4S/c1-2-23-18-9-8-17(14-19(18)27-20(23)24)28(25,26)22-12-10-21(11-13-22)15-16-6-4-3-5-7-16/h3-9,14H,2,10-13,15H2,1H3. The van der Waals surface area contributed by atoms with E-state index in [0.29, 0.717) is 43.8 Å². The van der Waals surface area contributed by atoms with Crippen LogP contribution in [-0.2, 0) is 23.1 Å². The molecule has 0 spiro atoms. The van der Waals surface area contributed by atoms with Crippen molar-refractivity contribution in [1.82, 2.24) is 13.8 Å². The molecule has 8 heteroatoms. The lowest BCUT2D eigenvalue weighted by Crippen LogP contribution is -2.48. The first kappa shape index (κ1) is 18.9. The molecule has 7 nitrogen and oxygen atoms in total. The van der Waals surface area contributed by atoms with E-state index in [4.69, 9.17) is 4.42 Å². The van der Waals surface area contributed by atoms with Crippen molar-refractivity contribution in [1.29, 1.82) is 0 Å². The molecule has 0 N–H and O–H groups in total. The Morgan fingerprint density at radius 3 is 2.39 bits per heavy atom. The number of aryl methyl sites for hydroxylation is 1. The molecule has 4 rings (SSSR count). The summed E-state index contributed by atoms with van der Waals surface area (Å²) < 4.78 is 34.3. The first-order chi connectivity index (χ1) is 13.5. The number of rotatable bonds is 5. The lowest BCUT2D eigenvalue weighted by Gasteiger charge is -2.34. The monoisotopic (exact) mass is 401 g/mol. The lowest BCUT2D eigenvalue weighted by atomic mass is 10.2. The van der Waals surface area contributed by atoms with Crippen molar-refractivity contribution in [2.75, 3.05) is 26.2 Å². The molecular weight excluding hydrogens is 378 g/mol. The Bertz CT molecular complexity index is 1130. The molecule has 0 saturated carbocycles. The quantitative estimate of drug-likeness (QED) is 0.655. The lowest BCUT2D eigenvalue weighted by molar-refractivity contribution is 0.181. The number of hydrogen-bond donors (Lipinski definition) is 0. The molecule has 0 atom stereocenters. The van der Waals surface area contributed by atoms with E-state index in [-0.39, 0.29) is 4.90 Å². The van der Waals surface area contributed by atoms with E-state index in [1.165, 1.54) is 20.5 Å². The van der Waals surface area contributed by atoms with Gasteiger partial charge < -0.3 is 4.42 Å². The zero-order valence-electron chi connectivity index (χ0n) is 15.7. The first-order valence-corrected chi connectivity index (χ1v) is 10.8. The molecule has 28 heavy (non-hydrogen) atoms. The number of hydrogen-bond acceptors (Lipinski definition) is 5. The van der Waals surface area contributed by atoms with Crippen molar-refractivity contribution in [3.8, 4) is 0 Å². The molecule has 0 radical (unpaired) electrons. The minimum absolute atomic E-state index is 0.161. The summed E-state index contributed by atoms with van der Waals surface area (Å²) in [5.41, 5.74) is 2.13. The Kier molecular flexibility index (Phi) is 5.09. The summed E-state index contributed by atoms with van der Waals surface area (Å²) in [4.78, 5) is 14.3. The third kappa shape index (κ3) is 3.50. The van der Waals surface area contributed by atoms with Crippen LogP contribution in [0, 0.1) is 0 Å². The van der Waals surface area contributed by atoms with E-state index in [2.05, 4.69) is 17.0 Å². The molecule has 2 aromatic carbocycles. The normalized spacial score (nSPS) is 16.6. The van der Waals surface area contributed by atoms with Gasteiger partial charge in [-0.15, -0.1) is 0 Å². The summed E-state index contributed by atoms with van der Waals surface area (Å²) in [5, 5.41) is 0. The molecule has 0 aliphatic carbocycles. The van der Waals surface area contributed by atoms with Crippen LogP contribution in [-0.4, -0.2) is 48.4 Å². The van der Waals surface area contributed by atoms with Gasteiger partial charge in [-0.3, -0.25) is 9.47 Å². The van der Waals surface area contributed by atoms with Gasteiger partial charge in [0.15, 0.2) is 5.58 Å². The number of piperazine rings is 1. The van der Waals surface area contributed by atoms with E-state index in [0.717, 1.165) is 6.54 Å². The second kappa shape index (κ2) is 7.54. The number of fused-ring (bicyclic) bond motifs is 1. The van der Waals surface area contributed by atoms with E-state index in [1.807, 2.05) is 25.1 Å². The van der Waals surface area contributed by atoms with Gasteiger partial charge in [-0.25, -0.2) is 13.2 Å². The van der Waals surface area contributed by atoms with Crippen LogP contribution in [0.3, 0.4) is 0 Å². The number of nitrogens with zero attached hydrogens (tertiary/aromatic N) is 3. The number of benzene rings is 2. The second-order valence-electron chi connectivity index (χ2n) is 6.91. The molecule has 0 unspecified atom stereocenters. The third-order valence-corrected chi connectivity index (χ3v) is 7.07. The van der Waals surface area contributed by atoms with Gasteiger partial charge >= 0.3 is 5.76 Å². The smallest absolute Gasteiger partial charge is 0.408 e. The molecule has 0 amide bonds. The van der Waals surface area contributed by atoms with Crippen LogP contribution >= 0.6 is 0 Å². The van der Waals surface area contributed by atoms with Crippen LogP contribution in [0.5, 0.6) is 0 Å². The Morgan fingerprint density at radius 2 is 1.71 bits per heavy atom. The molecule has 2 heterocycles. The predicted molar refractivity (Wildman–Crippen MR) is 107 cm³/mol. The third-order valence-electron chi connectivity index (χ3n) is 5.17. The largest absolute Gasteiger partial charge is 0.419 e. The molecule has 1 aliphatic rings. The minimum atomic E-state index is -3.62. The number of oxazole rings is 1. The van der Waals surface area contributed by atoms with E-state index < -0.39 is 15.8 Å². The average Bonchev–Trinajstić information content (AvgIpc) is 3.03. The van der Waals surface area contributed by atoms with Crippen LogP contribution in [0.4, 0.5) is 0 Å². The van der Waals surface area contributed by atoms with Crippen molar-refractivity contribution in [2.45, 2.75) is 24.9 Å². The fourth-order valence-electron chi connectivity index (χ4n) is 3.63. The van der Waals surface area contributed by atoms with Crippen molar-refractivity contribution in [3.05, 3.63) is 64.6 Å². The summed E-state index contributed by atoms with van der Waals surface area (Å²) in [6.07, 6.45) is 0. The van der Waals surface area contributed by atoms with Crippen molar-refractivity contribution in [3.63, 3.8) is 0 Å². The second-order valence-corrected chi connectivity index (χ2v) is 8.85. The number of aromatic nitrogens is 1. The SMILES string of the molecule is CCn1c(=O)oc2cc(S(=O)(=O)N3CCN(Cc4ccccc4)CC3)ccc21. The van der Waals surface area contributed by atoms with Crippen molar-refractivity contribution < 1.29 is 12.8 Å². The summed E-state index contributed by atoms with van der Waals surface area (Å²) >= 11 is 0. The van der Waals surface area contributed by atoms with Crippen molar-refractivity contribution >= 4 is 21.1 Å². The van der Waals surface area contributed by atoms with Crippen LogP contribution in [0.1, 0.15) is 12.5 Å². The highest BCUT2D eigenvalue weighted by Gasteiger charge is 2.29. The summed E-state index contributed by atoms with van der Waals surface area (Å²) in [7, 11) is -3.62. The maximum atomic E-state index is 13.0. The van der Waals surface area contributed by atoms with E-state index in [1.54, 1.807) is 12.1 Å². The molecule has 1 aliphatic heterocycles. The fraction of sp³-hybridized carbons (Fsp3) is 0.350.